The molecule has 2 amide bonds. The van der Waals surface area contributed by atoms with Crippen LogP contribution in [0.1, 0.15) is 43.0 Å². The lowest BCUT2D eigenvalue weighted by molar-refractivity contribution is 0.0702. The van der Waals surface area contributed by atoms with Gasteiger partial charge in [-0.25, -0.2) is 4.79 Å². The maximum absolute atomic E-state index is 12.8. The Morgan fingerprint density at radius 1 is 1.00 bits per heavy atom. The third kappa shape index (κ3) is 5.35. The summed E-state index contributed by atoms with van der Waals surface area (Å²) >= 11 is 0. The Labute approximate surface area is 166 Å². The number of ether oxygens (including phenoxy) is 1. The number of amides is 2. The van der Waals surface area contributed by atoms with Crippen molar-refractivity contribution in [1.29, 1.82) is 0 Å². The fraction of sp³-hybridized carbons (Fsp3) is 0.391. The number of carbonyl (C=O) groups is 2. The van der Waals surface area contributed by atoms with Crippen LogP contribution in [-0.4, -0.2) is 42.6 Å². The summed E-state index contributed by atoms with van der Waals surface area (Å²) < 4.78 is 5.15. The van der Waals surface area contributed by atoms with Crippen molar-refractivity contribution < 1.29 is 14.3 Å². The highest BCUT2D eigenvalue weighted by molar-refractivity contribution is 5.94. The van der Waals surface area contributed by atoms with Gasteiger partial charge in [0.1, 0.15) is 0 Å². The average Bonchev–Trinajstić information content (AvgIpc) is 2.75. The zero-order valence-corrected chi connectivity index (χ0v) is 16.4. The minimum atomic E-state index is -0.352. The van der Waals surface area contributed by atoms with Crippen LogP contribution in [-0.2, 0) is 4.74 Å². The van der Waals surface area contributed by atoms with Crippen molar-refractivity contribution >= 4 is 12.0 Å². The Morgan fingerprint density at radius 3 is 2.29 bits per heavy atom. The van der Waals surface area contributed by atoms with Gasteiger partial charge >= 0.3 is 6.09 Å². The normalized spacial score (nSPS) is 14.5. The first-order valence-corrected chi connectivity index (χ1v) is 10.1. The predicted molar refractivity (Wildman–Crippen MR) is 110 cm³/mol. The summed E-state index contributed by atoms with van der Waals surface area (Å²) in [5.74, 6) is 0.0450. The van der Waals surface area contributed by atoms with Gasteiger partial charge < -0.3 is 15.0 Å². The molecule has 0 saturated carbocycles. The highest BCUT2D eigenvalue weighted by Crippen LogP contribution is 2.21. The number of nitrogens with one attached hydrogen (secondary N) is 1. The first-order chi connectivity index (χ1) is 13.7. The van der Waals surface area contributed by atoms with Gasteiger partial charge in [0.15, 0.2) is 0 Å². The van der Waals surface area contributed by atoms with Crippen molar-refractivity contribution in [2.24, 2.45) is 0 Å². The van der Waals surface area contributed by atoms with Crippen LogP contribution >= 0.6 is 0 Å². The summed E-state index contributed by atoms with van der Waals surface area (Å²) in [5, 5.41) is 2.90. The van der Waals surface area contributed by atoms with Gasteiger partial charge in [-0.3, -0.25) is 4.79 Å². The summed E-state index contributed by atoms with van der Waals surface area (Å²) in [6.45, 7) is 3.79. The van der Waals surface area contributed by atoms with E-state index in [1.54, 1.807) is 0 Å². The molecule has 1 N–H and O–H groups in total. The van der Waals surface area contributed by atoms with Gasteiger partial charge in [0, 0.05) is 24.7 Å². The van der Waals surface area contributed by atoms with E-state index in [1.807, 2.05) is 47.4 Å². The molecule has 1 heterocycles. The second-order valence-electron chi connectivity index (χ2n) is 7.14. The molecular formula is C23H28N2O3. The molecule has 3 rings (SSSR count). The summed E-state index contributed by atoms with van der Waals surface area (Å²) in [6.07, 6.45) is 3.02. The van der Waals surface area contributed by atoms with Crippen molar-refractivity contribution in [3.05, 3.63) is 60.2 Å². The summed E-state index contributed by atoms with van der Waals surface area (Å²) in [6, 6.07) is 17.9. The molecule has 1 saturated heterocycles. The van der Waals surface area contributed by atoms with Crippen LogP contribution in [0.3, 0.4) is 0 Å². The molecular weight excluding hydrogens is 352 g/mol. The molecule has 5 heteroatoms. The fourth-order valence-corrected chi connectivity index (χ4v) is 3.36. The molecule has 1 aliphatic rings. The van der Waals surface area contributed by atoms with E-state index in [0.29, 0.717) is 25.3 Å². The minimum absolute atomic E-state index is 0.0450. The van der Waals surface area contributed by atoms with Gasteiger partial charge in [-0.05, 0) is 42.5 Å². The van der Waals surface area contributed by atoms with Crippen LogP contribution in [0.5, 0.6) is 0 Å². The SMILES string of the molecule is CCCCOC(=O)NC1CCN(C(=O)c2ccc(-c3ccccc3)cc2)CC1. The second kappa shape index (κ2) is 9.93. The zero-order valence-electron chi connectivity index (χ0n) is 16.4. The van der Waals surface area contributed by atoms with Gasteiger partial charge in [0.25, 0.3) is 5.91 Å². The number of rotatable bonds is 6. The van der Waals surface area contributed by atoms with E-state index in [2.05, 4.69) is 24.4 Å². The second-order valence-corrected chi connectivity index (χ2v) is 7.14. The fourth-order valence-electron chi connectivity index (χ4n) is 3.36. The molecule has 0 radical (unpaired) electrons. The molecule has 0 bridgehead atoms. The van der Waals surface area contributed by atoms with Crippen LogP contribution in [0.15, 0.2) is 54.6 Å². The Balaban J connectivity index is 1.49. The monoisotopic (exact) mass is 380 g/mol. The molecule has 0 aliphatic carbocycles. The van der Waals surface area contributed by atoms with Crippen molar-refractivity contribution in [3.63, 3.8) is 0 Å². The van der Waals surface area contributed by atoms with E-state index in [0.717, 1.165) is 36.8 Å². The average molecular weight is 380 g/mol. The van der Waals surface area contributed by atoms with E-state index < -0.39 is 0 Å². The van der Waals surface area contributed by atoms with Gasteiger partial charge in [-0.2, -0.15) is 0 Å². The van der Waals surface area contributed by atoms with E-state index >= 15 is 0 Å². The number of piperidine rings is 1. The van der Waals surface area contributed by atoms with Crippen molar-refractivity contribution in [2.45, 2.75) is 38.6 Å². The largest absolute Gasteiger partial charge is 0.450 e. The number of benzene rings is 2. The van der Waals surface area contributed by atoms with Gasteiger partial charge in [0.05, 0.1) is 6.61 Å². The standard InChI is InChI=1S/C23H28N2O3/c1-2-3-17-28-23(27)24-21-13-15-25(16-14-21)22(26)20-11-9-19(10-12-20)18-7-5-4-6-8-18/h4-12,21H,2-3,13-17H2,1H3,(H,24,27). The van der Waals surface area contributed by atoms with Crippen molar-refractivity contribution in [2.75, 3.05) is 19.7 Å². The topological polar surface area (TPSA) is 58.6 Å². The molecule has 148 valence electrons. The molecule has 28 heavy (non-hydrogen) atoms. The maximum Gasteiger partial charge on any atom is 0.407 e. The zero-order chi connectivity index (χ0) is 19.8. The van der Waals surface area contributed by atoms with Crippen molar-refractivity contribution in [3.8, 4) is 11.1 Å². The highest BCUT2D eigenvalue weighted by atomic mass is 16.5. The number of unbranched alkanes of at least 4 members (excludes halogenated alkanes) is 1. The van der Waals surface area contributed by atoms with Crippen LogP contribution in [0, 0.1) is 0 Å². The predicted octanol–water partition coefficient (Wildman–Crippen LogP) is 4.48. The first-order valence-electron chi connectivity index (χ1n) is 10.1. The Hall–Kier alpha value is -2.82. The molecule has 0 spiro atoms. The van der Waals surface area contributed by atoms with E-state index in [9.17, 15) is 9.59 Å². The van der Waals surface area contributed by atoms with Gasteiger partial charge in [-0.15, -0.1) is 0 Å². The van der Waals surface area contributed by atoms with Crippen molar-refractivity contribution in [1.82, 2.24) is 10.2 Å². The van der Waals surface area contributed by atoms with Crippen LogP contribution in [0.4, 0.5) is 4.79 Å². The number of likely N-dealkylation sites (tertiary alicyclic amines) is 1. The number of carbonyl (C=O) groups excluding carboxylic acids is 2. The number of alkyl carbamates (subject to hydrolysis) is 1. The summed E-state index contributed by atoms with van der Waals surface area (Å²) in [4.78, 5) is 26.4. The summed E-state index contributed by atoms with van der Waals surface area (Å²) in [5.41, 5.74) is 2.94. The number of hydrogen-bond acceptors (Lipinski definition) is 3. The van der Waals surface area contributed by atoms with Gasteiger partial charge in [0.2, 0.25) is 0 Å². The van der Waals surface area contributed by atoms with Crippen LogP contribution in [0.25, 0.3) is 11.1 Å². The molecule has 1 fully saturated rings. The Bertz CT molecular complexity index is 766. The van der Waals surface area contributed by atoms with E-state index in [-0.39, 0.29) is 18.0 Å². The molecule has 5 nitrogen and oxygen atoms in total. The third-order valence-electron chi connectivity index (χ3n) is 5.07. The quantitative estimate of drug-likeness (QED) is 0.752. The first kappa shape index (κ1) is 19.9. The van der Waals surface area contributed by atoms with Gasteiger partial charge in [-0.1, -0.05) is 55.8 Å². The summed E-state index contributed by atoms with van der Waals surface area (Å²) in [7, 11) is 0. The molecule has 0 unspecified atom stereocenters. The molecule has 0 aromatic heterocycles. The molecule has 1 aliphatic heterocycles. The lowest BCUT2D eigenvalue weighted by atomic mass is 10.0. The highest BCUT2D eigenvalue weighted by Gasteiger charge is 2.24. The number of hydrogen-bond donors (Lipinski definition) is 1. The molecule has 0 atom stereocenters. The maximum atomic E-state index is 12.8. The molecule has 2 aromatic rings. The smallest absolute Gasteiger partial charge is 0.407 e. The third-order valence-corrected chi connectivity index (χ3v) is 5.07. The lowest BCUT2D eigenvalue weighted by Gasteiger charge is -2.32. The Kier molecular flexibility index (Phi) is 7.06. The van der Waals surface area contributed by atoms with E-state index in [4.69, 9.17) is 4.74 Å². The van der Waals surface area contributed by atoms with Crippen LogP contribution < -0.4 is 5.32 Å². The molecule has 2 aromatic carbocycles. The van der Waals surface area contributed by atoms with E-state index in [1.165, 1.54) is 0 Å². The lowest BCUT2D eigenvalue weighted by Crippen LogP contribution is -2.46. The minimum Gasteiger partial charge on any atom is -0.450 e. The van der Waals surface area contributed by atoms with Crippen LogP contribution in [0.2, 0.25) is 0 Å². The number of nitrogens with zero attached hydrogens (tertiary/aromatic N) is 1. The Morgan fingerprint density at radius 2 is 1.64 bits per heavy atom.